The van der Waals surface area contributed by atoms with Gasteiger partial charge in [-0.25, -0.2) is 4.98 Å². The number of pyridine rings is 1. The maximum atomic E-state index is 12.8. The first-order valence-corrected chi connectivity index (χ1v) is 9.18. The molecule has 0 unspecified atom stereocenters. The third-order valence-corrected chi connectivity index (χ3v) is 5.07. The molecule has 5 nitrogen and oxygen atoms in total. The number of imidazole rings is 1. The third-order valence-electron chi connectivity index (χ3n) is 4.81. The van der Waals surface area contributed by atoms with Gasteiger partial charge in [-0.15, -0.1) is 0 Å². The molecule has 1 aliphatic rings. The van der Waals surface area contributed by atoms with Gasteiger partial charge in [0.1, 0.15) is 11.3 Å². The molecule has 1 saturated heterocycles. The first-order valence-electron chi connectivity index (χ1n) is 8.80. The Morgan fingerprint density at radius 1 is 1.12 bits per heavy atom. The highest BCUT2D eigenvalue weighted by Gasteiger charge is 2.24. The van der Waals surface area contributed by atoms with Crippen LogP contribution in [0.2, 0.25) is 5.02 Å². The smallest absolute Gasteiger partial charge is 0.274 e. The second-order valence-corrected chi connectivity index (χ2v) is 7.23. The Hall–Kier alpha value is -2.37. The van der Waals surface area contributed by atoms with Crippen LogP contribution >= 0.6 is 11.6 Å². The van der Waals surface area contributed by atoms with E-state index in [4.69, 9.17) is 11.6 Å². The quantitative estimate of drug-likeness (QED) is 0.712. The van der Waals surface area contributed by atoms with Crippen molar-refractivity contribution in [2.75, 3.05) is 26.2 Å². The van der Waals surface area contributed by atoms with Gasteiger partial charge in [-0.2, -0.15) is 0 Å². The minimum Gasteiger partial charge on any atom is -0.335 e. The summed E-state index contributed by atoms with van der Waals surface area (Å²) in [6.45, 7) is 6.07. The Bertz CT molecular complexity index is 927. The maximum absolute atomic E-state index is 12.8. The van der Waals surface area contributed by atoms with Gasteiger partial charge in [-0.1, -0.05) is 23.7 Å². The second-order valence-electron chi connectivity index (χ2n) is 6.79. The van der Waals surface area contributed by atoms with Gasteiger partial charge >= 0.3 is 0 Å². The fourth-order valence-corrected chi connectivity index (χ4v) is 3.43. The zero-order valence-corrected chi connectivity index (χ0v) is 15.5. The van der Waals surface area contributed by atoms with Crippen LogP contribution in [0.5, 0.6) is 0 Å². The number of halogens is 1. The molecule has 0 bridgehead atoms. The lowest BCUT2D eigenvalue weighted by atomic mass is 10.2. The molecule has 3 heterocycles. The van der Waals surface area contributed by atoms with E-state index in [9.17, 15) is 4.79 Å². The van der Waals surface area contributed by atoms with E-state index in [1.807, 2.05) is 52.9 Å². The zero-order chi connectivity index (χ0) is 18.1. The van der Waals surface area contributed by atoms with Crippen LogP contribution in [0.15, 0.2) is 48.8 Å². The number of rotatable bonds is 3. The Morgan fingerprint density at radius 2 is 1.85 bits per heavy atom. The molecular formula is C20H21ClN4O. The number of piperazine rings is 1. The van der Waals surface area contributed by atoms with Crippen LogP contribution in [0, 0.1) is 6.92 Å². The summed E-state index contributed by atoms with van der Waals surface area (Å²) in [6, 6.07) is 11.9. The number of aromatic nitrogens is 2. The van der Waals surface area contributed by atoms with E-state index >= 15 is 0 Å². The zero-order valence-electron chi connectivity index (χ0n) is 14.7. The van der Waals surface area contributed by atoms with Gasteiger partial charge in [-0.3, -0.25) is 9.69 Å². The van der Waals surface area contributed by atoms with E-state index in [0.717, 1.165) is 49.0 Å². The predicted molar refractivity (Wildman–Crippen MR) is 103 cm³/mol. The number of nitrogens with zero attached hydrogens (tertiary/aromatic N) is 4. The Kier molecular flexibility index (Phi) is 4.66. The molecule has 2 aromatic heterocycles. The molecule has 0 N–H and O–H groups in total. The SMILES string of the molecule is Cc1ccn2cc(C(=O)N3CCN(Cc4ccc(Cl)cc4)CC3)nc2c1. The lowest BCUT2D eigenvalue weighted by Gasteiger charge is -2.34. The van der Waals surface area contributed by atoms with E-state index in [2.05, 4.69) is 22.0 Å². The van der Waals surface area contributed by atoms with Crippen molar-refractivity contribution in [3.8, 4) is 0 Å². The predicted octanol–water partition coefficient (Wildman–Crippen LogP) is 3.25. The van der Waals surface area contributed by atoms with Gasteiger partial charge in [0.15, 0.2) is 0 Å². The second kappa shape index (κ2) is 7.09. The summed E-state index contributed by atoms with van der Waals surface area (Å²) >= 11 is 5.94. The number of hydrogen-bond donors (Lipinski definition) is 0. The number of carbonyl (C=O) groups excluding carboxylic acids is 1. The Labute approximate surface area is 157 Å². The molecule has 26 heavy (non-hydrogen) atoms. The van der Waals surface area contributed by atoms with E-state index in [-0.39, 0.29) is 5.91 Å². The van der Waals surface area contributed by atoms with Crippen molar-refractivity contribution >= 4 is 23.2 Å². The molecule has 1 fully saturated rings. The normalized spacial score (nSPS) is 15.5. The van der Waals surface area contributed by atoms with Crippen molar-refractivity contribution in [2.24, 2.45) is 0 Å². The topological polar surface area (TPSA) is 40.9 Å². The van der Waals surface area contributed by atoms with Crippen molar-refractivity contribution in [1.82, 2.24) is 19.2 Å². The van der Waals surface area contributed by atoms with Gasteiger partial charge < -0.3 is 9.30 Å². The molecule has 0 spiro atoms. The third kappa shape index (κ3) is 3.59. The average Bonchev–Trinajstić information content (AvgIpc) is 3.07. The van der Waals surface area contributed by atoms with Crippen LogP contribution in [-0.2, 0) is 6.54 Å². The standard InChI is InChI=1S/C20H21ClN4O/c1-15-6-7-25-14-18(22-19(25)12-15)20(26)24-10-8-23(9-11-24)13-16-2-4-17(21)5-3-16/h2-7,12,14H,8-11,13H2,1H3. The minimum absolute atomic E-state index is 0.0116. The molecular weight excluding hydrogens is 348 g/mol. The summed E-state index contributed by atoms with van der Waals surface area (Å²) in [5.41, 5.74) is 3.71. The Balaban J connectivity index is 1.38. The van der Waals surface area contributed by atoms with E-state index in [0.29, 0.717) is 5.69 Å². The largest absolute Gasteiger partial charge is 0.335 e. The maximum Gasteiger partial charge on any atom is 0.274 e. The lowest BCUT2D eigenvalue weighted by molar-refractivity contribution is 0.0623. The number of amides is 1. The number of benzene rings is 1. The molecule has 4 rings (SSSR count). The molecule has 0 atom stereocenters. The molecule has 1 aliphatic heterocycles. The van der Waals surface area contributed by atoms with Gasteiger partial charge in [0.25, 0.3) is 5.91 Å². The number of hydrogen-bond acceptors (Lipinski definition) is 3. The first kappa shape index (κ1) is 17.1. The van der Waals surface area contributed by atoms with Crippen LogP contribution in [0.4, 0.5) is 0 Å². The molecule has 1 aromatic carbocycles. The lowest BCUT2D eigenvalue weighted by Crippen LogP contribution is -2.48. The van der Waals surface area contributed by atoms with Crippen molar-refractivity contribution in [3.05, 3.63) is 70.6 Å². The molecule has 0 radical (unpaired) electrons. The summed E-state index contributed by atoms with van der Waals surface area (Å²) in [4.78, 5) is 21.5. The highest BCUT2D eigenvalue weighted by Crippen LogP contribution is 2.15. The number of carbonyl (C=O) groups is 1. The molecule has 0 aliphatic carbocycles. The number of aryl methyl sites for hydroxylation is 1. The monoisotopic (exact) mass is 368 g/mol. The molecule has 3 aromatic rings. The molecule has 134 valence electrons. The van der Waals surface area contributed by atoms with Crippen molar-refractivity contribution in [2.45, 2.75) is 13.5 Å². The summed E-state index contributed by atoms with van der Waals surface area (Å²) in [5.74, 6) is 0.0116. The van der Waals surface area contributed by atoms with Crippen LogP contribution < -0.4 is 0 Å². The van der Waals surface area contributed by atoms with Crippen molar-refractivity contribution < 1.29 is 4.79 Å². The minimum atomic E-state index is 0.0116. The fourth-order valence-electron chi connectivity index (χ4n) is 3.31. The number of fused-ring (bicyclic) bond motifs is 1. The van der Waals surface area contributed by atoms with Crippen molar-refractivity contribution in [1.29, 1.82) is 0 Å². The Morgan fingerprint density at radius 3 is 2.58 bits per heavy atom. The van der Waals surface area contributed by atoms with Crippen LogP contribution in [0.1, 0.15) is 21.6 Å². The van der Waals surface area contributed by atoms with Gasteiger partial charge in [0.05, 0.1) is 0 Å². The van der Waals surface area contributed by atoms with Gasteiger partial charge in [0, 0.05) is 50.1 Å². The van der Waals surface area contributed by atoms with Gasteiger partial charge in [0.2, 0.25) is 0 Å². The summed E-state index contributed by atoms with van der Waals surface area (Å²) in [5, 5.41) is 0.756. The van der Waals surface area contributed by atoms with E-state index in [1.54, 1.807) is 0 Å². The molecule has 1 amide bonds. The van der Waals surface area contributed by atoms with Crippen molar-refractivity contribution in [3.63, 3.8) is 0 Å². The van der Waals surface area contributed by atoms with E-state index in [1.165, 1.54) is 5.56 Å². The first-order chi connectivity index (χ1) is 12.6. The summed E-state index contributed by atoms with van der Waals surface area (Å²) in [7, 11) is 0. The molecule has 0 saturated carbocycles. The summed E-state index contributed by atoms with van der Waals surface area (Å²) in [6.07, 6.45) is 3.76. The fraction of sp³-hybridized carbons (Fsp3) is 0.300. The highest BCUT2D eigenvalue weighted by atomic mass is 35.5. The van der Waals surface area contributed by atoms with Crippen LogP contribution in [-0.4, -0.2) is 51.3 Å². The molecule has 6 heteroatoms. The van der Waals surface area contributed by atoms with Crippen LogP contribution in [0.25, 0.3) is 5.65 Å². The highest BCUT2D eigenvalue weighted by molar-refractivity contribution is 6.30. The van der Waals surface area contributed by atoms with E-state index < -0.39 is 0 Å². The van der Waals surface area contributed by atoms with Crippen LogP contribution in [0.3, 0.4) is 0 Å². The van der Waals surface area contributed by atoms with Gasteiger partial charge in [-0.05, 0) is 42.3 Å². The summed E-state index contributed by atoms with van der Waals surface area (Å²) < 4.78 is 1.90. The average molecular weight is 369 g/mol.